The van der Waals surface area contributed by atoms with E-state index in [1.807, 2.05) is 29.2 Å². The van der Waals surface area contributed by atoms with Gasteiger partial charge < -0.3 is 15.6 Å². The first kappa shape index (κ1) is 20.5. The predicted octanol–water partition coefficient (Wildman–Crippen LogP) is 4.80. The van der Waals surface area contributed by atoms with E-state index in [0.717, 1.165) is 35.3 Å². The molecule has 0 bridgehead atoms. The van der Waals surface area contributed by atoms with Crippen molar-refractivity contribution in [2.24, 2.45) is 5.73 Å². The lowest BCUT2D eigenvalue weighted by molar-refractivity contribution is -0.133. The molecule has 2 atom stereocenters. The van der Waals surface area contributed by atoms with Crippen LogP contribution in [0.5, 0.6) is 0 Å². The van der Waals surface area contributed by atoms with Crippen molar-refractivity contribution in [1.82, 2.24) is 14.9 Å². The fraction of sp³-hybridized carbons (Fsp3) is 0.333. The zero-order valence-electron chi connectivity index (χ0n) is 15.7. The lowest BCUT2D eigenvalue weighted by Crippen LogP contribution is -2.48. The molecule has 5 nitrogen and oxygen atoms in total. The molecule has 2 unspecified atom stereocenters. The van der Waals surface area contributed by atoms with E-state index in [9.17, 15) is 4.79 Å². The number of halogens is 3. The van der Waals surface area contributed by atoms with Crippen LogP contribution in [0.25, 0.3) is 11.0 Å². The van der Waals surface area contributed by atoms with E-state index in [1.54, 1.807) is 12.1 Å². The number of aromatic amines is 1. The SMILES string of the molecule is NC(Cc1ccc(Cl)cc1Cl)C(=O)N1CCCC(c2nc3ccc(Cl)cc3[nH]2)C1. The number of hydrogen-bond acceptors (Lipinski definition) is 3. The van der Waals surface area contributed by atoms with Crippen LogP contribution >= 0.6 is 34.8 Å². The molecular weight excluding hydrogens is 431 g/mol. The van der Waals surface area contributed by atoms with Gasteiger partial charge in [-0.3, -0.25) is 4.79 Å². The number of hydrogen-bond donors (Lipinski definition) is 2. The summed E-state index contributed by atoms with van der Waals surface area (Å²) in [5, 5.41) is 1.75. The Hall–Kier alpha value is -1.79. The van der Waals surface area contributed by atoms with Gasteiger partial charge in [-0.15, -0.1) is 0 Å². The topological polar surface area (TPSA) is 75.0 Å². The standard InChI is InChI=1S/C21H21Cl3N4O/c22-14-4-3-12(16(24)9-14)8-17(25)21(29)28-7-1-2-13(11-28)20-26-18-6-5-15(23)10-19(18)27-20/h3-6,9-10,13,17H,1-2,7-8,11,25H2,(H,26,27). The number of fused-ring (bicyclic) bond motifs is 1. The molecule has 3 aromatic rings. The molecular formula is C21H21Cl3N4O. The maximum Gasteiger partial charge on any atom is 0.239 e. The zero-order valence-corrected chi connectivity index (χ0v) is 17.9. The van der Waals surface area contributed by atoms with Crippen molar-refractivity contribution in [3.63, 3.8) is 0 Å². The Morgan fingerprint density at radius 3 is 2.76 bits per heavy atom. The minimum atomic E-state index is -0.651. The quantitative estimate of drug-likeness (QED) is 0.598. The number of benzene rings is 2. The molecule has 0 radical (unpaired) electrons. The lowest BCUT2D eigenvalue weighted by Gasteiger charge is -2.33. The van der Waals surface area contributed by atoms with E-state index in [1.165, 1.54) is 0 Å². The number of carbonyl (C=O) groups is 1. The van der Waals surface area contributed by atoms with Crippen molar-refractivity contribution in [2.45, 2.75) is 31.2 Å². The number of carbonyl (C=O) groups excluding carboxylic acids is 1. The number of amides is 1. The van der Waals surface area contributed by atoms with Gasteiger partial charge in [0.2, 0.25) is 5.91 Å². The summed E-state index contributed by atoms with van der Waals surface area (Å²) in [5.41, 5.74) is 8.83. The largest absolute Gasteiger partial charge is 0.342 e. The highest BCUT2D eigenvalue weighted by Crippen LogP contribution is 2.28. The second-order valence-electron chi connectivity index (χ2n) is 7.45. The van der Waals surface area contributed by atoms with Gasteiger partial charge in [0.15, 0.2) is 0 Å². The molecule has 0 spiro atoms. The molecule has 0 saturated carbocycles. The monoisotopic (exact) mass is 450 g/mol. The van der Waals surface area contributed by atoms with Crippen LogP contribution in [-0.4, -0.2) is 39.9 Å². The molecule has 1 aromatic heterocycles. The van der Waals surface area contributed by atoms with Crippen LogP contribution in [0.3, 0.4) is 0 Å². The summed E-state index contributed by atoms with van der Waals surface area (Å²) < 4.78 is 0. The summed E-state index contributed by atoms with van der Waals surface area (Å²) in [5.74, 6) is 0.958. The summed E-state index contributed by atoms with van der Waals surface area (Å²) in [7, 11) is 0. The smallest absolute Gasteiger partial charge is 0.239 e. The molecule has 1 aliphatic heterocycles. The Labute approximate surface area is 184 Å². The van der Waals surface area contributed by atoms with Crippen molar-refractivity contribution in [1.29, 1.82) is 0 Å². The average molecular weight is 452 g/mol. The Bertz CT molecular complexity index is 1050. The number of rotatable bonds is 4. The predicted molar refractivity (Wildman–Crippen MR) is 118 cm³/mol. The minimum absolute atomic E-state index is 0.0696. The van der Waals surface area contributed by atoms with Crippen LogP contribution in [0.4, 0.5) is 0 Å². The molecule has 1 fully saturated rings. The second-order valence-corrected chi connectivity index (χ2v) is 8.73. The molecule has 1 aliphatic rings. The van der Waals surface area contributed by atoms with Crippen LogP contribution in [0.2, 0.25) is 15.1 Å². The van der Waals surface area contributed by atoms with E-state index in [4.69, 9.17) is 45.5 Å². The zero-order chi connectivity index (χ0) is 20.5. The molecule has 2 heterocycles. The van der Waals surface area contributed by atoms with Gasteiger partial charge in [-0.2, -0.15) is 0 Å². The maximum atomic E-state index is 13.0. The van der Waals surface area contributed by atoms with Crippen molar-refractivity contribution in [3.05, 3.63) is 62.9 Å². The number of aromatic nitrogens is 2. The molecule has 152 valence electrons. The summed E-state index contributed by atoms with van der Waals surface area (Å²) in [6, 6.07) is 10.2. The third kappa shape index (κ3) is 4.53. The number of nitrogens with two attached hydrogens (primary N) is 1. The fourth-order valence-corrected chi connectivity index (χ4v) is 4.50. The van der Waals surface area contributed by atoms with Gasteiger partial charge in [-0.1, -0.05) is 40.9 Å². The highest BCUT2D eigenvalue weighted by atomic mass is 35.5. The number of H-pyrrole nitrogens is 1. The molecule has 2 aromatic carbocycles. The number of likely N-dealkylation sites (tertiary alicyclic amines) is 1. The highest BCUT2D eigenvalue weighted by molar-refractivity contribution is 6.35. The second kappa shape index (κ2) is 8.52. The van der Waals surface area contributed by atoms with Crippen molar-refractivity contribution in [2.75, 3.05) is 13.1 Å². The molecule has 8 heteroatoms. The first-order valence-corrected chi connectivity index (χ1v) is 10.7. The Morgan fingerprint density at radius 2 is 1.97 bits per heavy atom. The average Bonchev–Trinajstić information content (AvgIpc) is 3.13. The van der Waals surface area contributed by atoms with E-state index in [0.29, 0.717) is 34.6 Å². The fourth-order valence-electron chi connectivity index (χ4n) is 3.84. The third-order valence-electron chi connectivity index (χ3n) is 5.35. The molecule has 1 saturated heterocycles. The van der Waals surface area contributed by atoms with Crippen LogP contribution in [0, 0.1) is 0 Å². The lowest BCUT2D eigenvalue weighted by atomic mass is 9.96. The van der Waals surface area contributed by atoms with Gasteiger partial charge in [0, 0.05) is 34.1 Å². The Kier molecular flexibility index (Phi) is 6.02. The summed E-state index contributed by atoms with van der Waals surface area (Å²) >= 11 is 18.2. The molecule has 1 amide bonds. The number of imidazole rings is 1. The number of nitrogens with one attached hydrogen (secondary N) is 1. The van der Waals surface area contributed by atoms with E-state index < -0.39 is 6.04 Å². The van der Waals surface area contributed by atoms with Crippen molar-refractivity contribution < 1.29 is 4.79 Å². The number of piperidine rings is 1. The van der Waals surface area contributed by atoms with Gasteiger partial charge in [0.1, 0.15) is 5.82 Å². The molecule has 3 N–H and O–H groups in total. The van der Waals surface area contributed by atoms with Gasteiger partial charge in [0.05, 0.1) is 17.1 Å². The van der Waals surface area contributed by atoms with E-state index in [-0.39, 0.29) is 11.8 Å². The summed E-state index contributed by atoms with van der Waals surface area (Å²) in [6.07, 6.45) is 2.25. The van der Waals surface area contributed by atoms with Crippen LogP contribution in [0.1, 0.15) is 30.1 Å². The summed E-state index contributed by atoms with van der Waals surface area (Å²) in [6.45, 7) is 1.29. The highest BCUT2D eigenvalue weighted by Gasteiger charge is 2.29. The first-order valence-electron chi connectivity index (χ1n) is 9.54. The molecule has 0 aliphatic carbocycles. The van der Waals surface area contributed by atoms with Crippen LogP contribution in [-0.2, 0) is 11.2 Å². The van der Waals surface area contributed by atoms with Crippen molar-refractivity contribution in [3.8, 4) is 0 Å². The summed E-state index contributed by atoms with van der Waals surface area (Å²) in [4.78, 5) is 22.8. The third-order valence-corrected chi connectivity index (χ3v) is 6.18. The molecule has 4 rings (SSSR count). The van der Waals surface area contributed by atoms with Gasteiger partial charge in [0.25, 0.3) is 0 Å². The van der Waals surface area contributed by atoms with Gasteiger partial charge in [-0.05, 0) is 55.2 Å². The van der Waals surface area contributed by atoms with Crippen LogP contribution < -0.4 is 5.73 Å². The minimum Gasteiger partial charge on any atom is -0.342 e. The van der Waals surface area contributed by atoms with Gasteiger partial charge >= 0.3 is 0 Å². The van der Waals surface area contributed by atoms with Crippen molar-refractivity contribution >= 4 is 51.7 Å². The Morgan fingerprint density at radius 1 is 1.21 bits per heavy atom. The normalized spacial score (nSPS) is 18.2. The molecule has 29 heavy (non-hydrogen) atoms. The Balaban J connectivity index is 1.46. The number of nitrogens with zero attached hydrogens (tertiary/aromatic N) is 2. The van der Waals surface area contributed by atoms with Gasteiger partial charge in [-0.25, -0.2) is 4.98 Å². The maximum absolute atomic E-state index is 13.0. The van der Waals surface area contributed by atoms with E-state index in [2.05, 4.69) is 4.98 Å². The van der Waals surface area contributed by atoms with Crippen LogP contribution in [0.15, 0.2) is 36.4 Å². The first-order chi connectivity index (χ1) is 13.9. The van der Waals surface area contributed by atoms with E-state index >= 15 is 0 Å².